The van der Waals surface area contributed by atoms with Crippen LogP contribution in [-0.4, -0.2) is 24.5 Å². The van der Waals surface area contributed by atoms with E-state index in [9.17, 15) is 0 Å². The van der Waals surface area contributed by atoms with E-state index >= 15 is 0 Å². The van der Waals surface area contributed by atoms with Crippen LogP contribution >= 0.6 is 34.3 Å². The van der Waals surface area contributed by atoms with Crippen molar-refractivity contribution in [3.8, 4) is 61.7 Å². The van der Waals surface area contributed by atoms with Crippen LogP contribution in [0.15, 0.2) is 303 Å². The molecule has 0 saturated carbocycles. The van der Waals surface area contributed by atoms with E-state index in [-0.39, 0.29) is 0 Å². The highest BCUT2D eigenvalue weighted by Gasteiger charge is 2.24. The number of hydrogen-bond acceptors (Lipinski definition) is 6. The summed E-state index contributed by atoms with van der Waals surface area (Å²) in [5, 5.41) is 15.4. The SMILES string of the molecule is Clc1nc2sc3ccccc3c2nc1-c1ccc(-c2ccccc2)cc1.c1ccc(-c2ccc(-c3nc4c(nc3-n3c5cc6ccccc6cc5c5c6ccccc6ccc53)sc3ccccc34)cc2)cc1.c1ccc2cc3c(cc2c1)Cc1ccc2ccccc2c1-3. The average Bonchev–Trinajstić information content (AvgIpc) is 1.57. The second-order valence-corrected chi connectivity index (χ2v) is 26.2. The molecule has 5 nitrogen and oxygen atoms in total. The lowest BCUT2D eigenvalue weighted by molar-refractivity contribution is 1.09. The van der Waals surface area contributed by atoms with Gasteiger partial charge in [-0.15, -0.1) is 22.7 Å². The van der Waals surface area contributed by atoms with Gasteiger partial charge in [0.05, 0.1) is 11.0 Å². The Morgan fingerprint density at radius 1 is 0.312 bits per heavy atom. The maximum atomic E-state index is 6.46. The molecule has 8 heteroatoms. The maximum Gasteiger partial charge on any atom is 0.166 e. The molecule has 0 aliphatic heterocycles. The molecule has 14 aromatic carbocycles. The van der Waals surface area contributed by atoms with Crippen molar-refractivity contribution in [2.24, 2.45) is 0 Å². The molecule has 0 fully saturated rings. The Kier molecular flexibility index (Phi) is 13.3. The molecule has 20 rings (SSSR count). The number of nitrogens with zero attached hydrogens (tertiary/aromatic N) is 5. The summed E-state index contributed by atoms with van der Waals surface area (Å²) >= 11 is 9.78. The Hall–Kier alpha value is -11.2. The monoisotopic (exact) mass is 1240 g/mol. The van der Waals surface area contributed by atoms with Crippen molar-refractivity contribution in [3.63, 3.8) is 0 Å². The Morgan fingerprint density at radius 3 is 1.39 bits per heavy atom. The summed E-state index contributed by atoms with van der Waals surface area (Å²) < 4.78 is 4.72. The molecular formula is C85H52ClN5S2. The van der Waals surface area contributed by atoms with E-state index in [4.69, 9.17) is 26.6 Å². The lowest BCUT2D eigenvalue weighted by Crippen LogP contribution is -2.03. The normalized spacial score (nSPS) is 11.9. The van der Waals surface area contributed by atoms with Crippen LogP contribution in [0.3, 0.4) is 0 Å². The topological polar surface area (TPSA) is 56.5 Å². The van der Waals surface area contributed by atoms with Gasteiger partial charge in [-0.25, -0.2) is 19.9 Å². The first-order valence-corrected chi connectivity index (χ1v) is 33.2. The van der Waals surface area contributed by atoms with E-state index < -0.39 is 0 Å². The van der Waals surface area contributed by atoms with Gasteiger partial charge in [0.1, 0.15) is 32.1 Å². The third-order valence-corrected chi connectivity index (χ3v) is 20.6. The zero-order chi connectivity index (χ0) is 61.5. The standard InChI is InChI=1S/C42H25N3S.C22H13ClN2S.C21H14/c1-2-10-26(11-3-1)27-18-20-29(21-19-27)39-41(44-42-40(43-39)33-16-8-9-17-37(33)46-42)45-35-23-22-28-12-6-7-15-32(28)38(35)34-24-30-13-4-5-14-31(30)25-36(34)45;23-21-19(16-12-10-15(11-13-16)14-6-2-1-3-7-14)24-20-17-8-4-5-9-18(17)26-22(20)25-21;1-2-7-16-13-20-18(11-15(16)6-1)12-17-10-9-14-5-3-4-8-19(14)21(17)20/h1-25H;1-13H;1-11,13H,12H2. The molecule has 5 heterocycles. The van der Waals surface area contributed by atoms with Crippen LogP contribution in [-0.2, 0) is 6.42 Å². The molecule has 0 saturated heterocycles. The lowest BCUT2D eigenvalue weighted by atomic mass is 9.96. The summed E-state index contributed by atoms with van der Waals surface area (Å²) in [5.41, 5.74) is 18.2. The first kappa shape index (κ1) is 54.7. The summed E-state index contributed by atoms with van der Waals surface area (Å²) in [7, 11) is 0. The maximum absolute atomic E-state index is 6.46. The third-order valence-electron chi connectivity index (χ3n) is 18.3. The van der Waals surface area contributed by atoms with Gasteiger partial charge in [-0.3, -0.25) is 4.57 Å². The van der Waals surface area contributed by atoms with Gasteiger partial charge in [-0.05, 0) is 130 Å². The van der Waals surface area contributed by atoms with Crippen LogP contribution in [0.2, 0.25) is 5.15 Å². The Morgan fingerprint density at radius 2 is 0.763 bits per heavy atom. The quantitative estimate of drug-likeness (QED) is 0.172. The van der Waals surface area contributed by atoms with Crippen molar-refractivity contribution in [2.45, 2.75) is 6.42 Å². The minimum absolute atomic E-state index is 0.441. The largest absolute Gasteiger partial charge is 0.292 e. The molecule has 0 N–H and O–H groups in total. The van der Waals surface area contributed by atoms with Crippen LogP contribution in [0.25, 0.3) is 167 Å². The molecule has 1 aliphatic rings. The van der Waals surface area contributed by atoms with Crippen LogP contribution in [0.5, 0.6) is 0 Å². The van der Waals surface area contributed by atoms with Gasteiger partial charge in [-0.1, -0.05) is 279 Å². The van der Waals surface area contributed by atoms with Gasteiger partial charge < -0.3 is 0 Å². The van der Waals surface area contributed by atoms with Crippen LogP contribution in [0, 0.1) is 0 Å². The second-order valence-electron chi connectivity index (χ2n) is 23.7. The highest BCUT2D eigenvalue weighted by atomic mass is 35.5. The number of rotatable bonds is 5. The van der Waals surface area contributed by atoms with E-state index in [1.54, 1.807) is 22.7 Å². The molecule has 0 bridgehead atoms. The van der Waals surface area contributed by atoms with Crippen molar-refractivity contribution in [1.29, 1.82) is 0 Å². The Labute approximate surface area is 548 Å². The molecule has 0 amide bonds. The average molecular weight is 1240 g/mol. The van der Waals surface area contributed by atoms with E-state index in [0.717, 1.165) is 77.3 Å². The number of aromatic nitrogens is 5. The minimum atomic E-state index is 0.441. The van der Waals surface area contributed by atoms with E-state index in [0.29, 0.717) is 5.15 Å². The van der Waals surface area contributed by atoms with E-state index in [2.05, 4.69) is 283 Å². The summed E-state index contributed by atoms with van der Waals surface area (Å²) in [6.07, 6.45) is 1.06. The number of halogens is 1. The zero-order valence-electron chi connectivity index (χ0n) is 50.0. The van der Waals surface area contributed by atoms with Crippen molar-refractivity contribution in [3.05, 3.63) is 320 Å². The summed E-state index contributed by atoms with van der Waals surface area (Å²) in [6, 6.07) is 108. The minimum Gasteiger partial charge on any atom is -0.292 e. The third kappa shape index (κ3) is 9.59. The van der Waals surface area contributed by atoms with Crippen LogP contribution in [0.4, 0.5) is 0 Å². The van der Waals surface area contributed by atoms with Gasteiger partial charge >= 0.3 is 0 Å². The Bertz CT molecular complexity index is 6150. The van der Waals surface area contributed by atoms with Crippen LogP contribution in [0.1, 0.15) is 11.1 Å². The molecule has 0 unspecified atom stereocenters. The second kappa shape index (κ2) is 22.6. The number of thiophene rings is 2. The van der Waals surface area contributed by atoms with Crippen molar-refractivity contribution in [2.75, 3.05) is 0 Å². The first-order chi connectivity index (χ1) is 46.0. The van der Waals surface area contributed by atoms with E-state index in [1.807, 2.05) is 30.3 Å². The predicted molar refractivity (Wildman–Crippen MR) is 396 cm³/mol. The molecule has 93 heavy (non-hydrogen) atoms. The molecule has 19 aromatic rings. The Balaban J connectivity index is 0.000000114. The number of benzene rings is 14. The van der Waals surface area contributed by atoms with Crippen molar-refractivity contribution in [1.82, 2.24) is 24.5 Å². The number of fused-ring (bicyclic) bond motifs is 18. The van der Waals surface area contributed by atoms with Gasteiger partial charge in [0, 0.05) is 42.1 Å². The zero-order valence-corrected chi connectivity index (χ0v) is 52.4. The molecule has 0 radical (unpaired) electrons. The van der Waals surface area contributed by atoms with Crippen molar-refractivity contribution < 1.29 is 0 Å². The molecule has 1 aliphatic carbocycles. The van der Waals surface area contributed by atoms with Crippen molar-refractivity contribution >= 4 is 140 Å². The predicted octanol–water partition coefficient (Wildman–Crippen LogP) is 24.0. The molecular weight excluding hydrogens is 1190 g/mol. The van der Waals surface area contributed by atoms with Crippen LogP contribution < -0.4 is 0 Å². The molecule has 436 valence electrons. The fourth-order valence-corrected chi connectivity index (χ4v) is 16.1. The summed E-state index contributed by atoms with van der Waals surface area (Å²) in [4.78, 5) is 22.2. The van der Waals surface area contributed by atoms with Gasteiger partial charge in [0.25, 0.3) is 0 Å². The summed E-state index contributed by atoms with van der Waals surface area (Å²) in [6.45, 7) is 0. The first-order valence-electron chi connectivity index (χ1n) is 31.2. The highest BCUT2D eigenvalue weighted by Crippen LogP contribution is 2.45. The molecule has 5 aromatic heterocycles. The smallest absolute Gasteiger partial charge is 0.166 e. The fraction of sp³-hybridized carbons (Fsp3) is 0.0118. The van der Waals surface area contributed by atoms with Gasteiger partial charge in [-0.2, -0.15) is 0 Å². The summed E-state index contributed by atoms with van der Waals surface area (Å²) in [5.74, 6) is 0.845. The fourth-order valence-electron chi connectivity index (χ4n) is 13.8. The number of hydrogen-bond donors (Lipinski definition) is 0. The molecule has 0 atom stereocenters. The lowest BCUT2D eigenvalue weighted by Gasteiger charge is -2.13. The van der Waals surface area contributed by atoms with Gasteiger partial charge in [0.2, 0.25) is 0 Å². The molecule has 0 spiro atoms. The highest BCUT2D eigenvalue weighted by molar-refractivity contribution is 7.25. The van der Waals surface area contributed by atoms with Gasteiger partial charge in [0.15, 0.2) is 11.0 Å². The van der Waals surface area contributed by atoms with E-state index in [1.165, 1.54) is 108 Å².